The standard InChI is InChI=1S/C35H45Cl2N5O4/c1-23-29(36)20-24(21-30(23)37)22-32(33(43)40-15-8-26(9-16-40)25-6-13-38-14-7-25)46-35(45)41-17-11-28(12-18-41)42-19-10-27-4-2-3-5-31(27)39-34(42)44/h2-5,20-21,25-26,28,32,38H,6-19,22H2,1H3,(H,39,44)/t32-/m1/s1. The summed E-state index contributed by atoms with van der Waals surface area (Å²) in [4.78, 5) is 46.0. The van der Waals surface area contributed by atoms with Gasteiger partial charge < -0.3 is 30.1 Å². The summed E-state index contributed by atoms with van der Waals surface area (Å²) in [5.41, 5.74) is 3.51. The number of para-hydroxylation sites is 1. The Morgan fingerprint density at radius 3 is 2.22 bits per heavy atom. The van der Waals surface area contributed by atoms with Crippen molar-refractivity contribution >= 4 is 46.9 Å². The number of halogens is 2. The molecule has 0 aromatic heterocycles. The number of carbonyl (C=O) groups excluding carboxylic acids is 3. The highest BCUT2D eigenvalue weighted by Gasteiger charge is 2.36. The molecule has 4 aliphatic heterocycles. The zero-order chi connectivity index (χ0) is 32.2. The Balaban J connectivity index is 1.09. The van der Waals surface area contributed by atoms with E-state index in [0.29, 0.717) is 67.4 Å². The number of nitrogens with one attached hydrogen (secondary N) is 2. The smallest absolute Gasteiger partial charge is 0.410 e. The van der Waals surface area contributed by atoms with Crippen molar-refractivity contribution in [3.8, 4) is 0 Å². The first kappa shape index (κ1) is 32.9. The maximum atomic E-state index is 14.0. The minimum Gasteiger partial charge on any atom is -0.436 e. The molecular formula is C35H45Cl2N5O4. The molecule has 2 aromatic rings. The minimum atomic E-state index is -0.981. The summed E-state index contributed by atoms with van der Waals surface area (Å²) in [6.45, 7) is 6.86. The van der Waals surface area contributed by atoms with E-state index in [2.05, 4.69) is 10.6 Å². The van der Waals surface area contributed by atoms with Crippen molar-refractivity contribution in [3.05, 3.63) is 63.1 Å². The van der Waals surface area contributed by atoms with Crippen molar-refractivity contribution in [1.29, 1.82) is 0 Å². The molecule has 1 atom stereocenters. The van der Waals surface area contributed by atoms with Gasteiger partial charge in [0.1, 0.15) is 0 Å². The molecule has 2 aromatic carbocycles. The molecule has 4 amide bonds. The van der Waals surface area contributed by atoms with Crippen molar-refractivity contribution in [1.82, 2.24) is 20.0 Å². The fourth-order valence-electron chi connectivity index (χ4n) is 7.61. The van der Waals surface area contributed by atoms with Crippen LogP contribution in [0.4, 0.5) is 15.3 Å². The van der Waals surface area contributed by atoms with Gasteiger partial charge in [-0.2, -0.15) is 0 Å². The van der Waals surface area contributed by atoms with E-state index in [1.54, 1.807) is 17.0 Å². The predicted molar refractivity (Wildman–Crippen MR) is 181 cm³/mol. The van der Waals surface area contributed by atoms with Crippen LogP contribution in [-0.4, -0.2) is 90.7 Å². The number of benzene rings is 2. The number of likely N-dealkylation sites (tertiary alicyclic amines) is 2. The number of hydrogen-bond acceptors (Lipinski definition) is 5. The van der Waals surface area contributed by atoms with Crippen molar-refractivity contribution in [2.45, 2.75) is 70.4 Å². The van der Waals surface area contributed by atoms with Crippen molar-refractivity contribution in [3.63, 3.8) is 0 Å². The molecule has 4 heterocycles. The number of carbonyl (C=O) groups is 3. The van der Waals surface area contributed by atoms with Crippen LogP contribution in [0.5, 0.6) is 0 Å². The number of amides is 4. The van der Waals surface area contributed by atoms with Gasteiger partial charge in [-0.05, 0) is 112 Å². The SMILES string of the molecule is Cc1c(Cl)cc(C[C@@H](OC(=O)N2CCC(N3CCc4ccccc4NC3=O)CC2)C(=O)N2CCC(C3CCNCC3)CC2)cc1Cl. The minimum absolute atomic E-state index is 0.0221. The molecule has 9 nitrogen and oxygen atoms in total. The lowest BCUT2D eigenvalue weighted by Gasteiger charge is -2.39. The molecule has 4 aliphatic rings. The second kappa shape index (κ2) is 14.8. The third-order valence-corrected chi connectivity index (χ3v) is 11.3. The highest BCUT2D eigenvalue weighted by atomic mass is 35.5. The summed E-state index contributed by atoms with van der Waals surface area (Å²) in [5, 5.41) is 7.53. The fraction of sp³-hybridized carbons (Fsp3) is 0.571. The molecule has 0 spiro atoms. The molecule has 0 radical (unpaired) electrons. The van der Waals surface area contributed by atoms with Crippen LogP contribution in [0, 0.1) is 18.8 Å². The topological polar surface area (TPSA) is 94.2 Å². The maximum absolute atomic E-state index is 14.0. The van der Waals surface area contributed by atoms with Crippen LogP contribution in [0.15, 0.2) is 36.4 Å². The second-order valence-corrected chi connectivity index (χ2v) is 14.1. The van der Waals surface area contributed by atoms with E-state index >= 15 is 0 Å². The molecule has 2 N–H and O–H groups in total. The average molecular weight is 671 g/mol. The first-order valence-electron chi connectivity index (χ1n) is 16.8. The van der Waals surface area contributed by atoms with E-state index in [9.17, 15) is 14.4 Å². The van der Waals surface area contributed by atoms with Crippen LogP contribution in [0.2, 0.25) is 10.0 Å². The van der Waals surface area contributed by atoms with Crippen molar-refractivity contribution in [2.75, 3.05) is 51.1 Å². The van der Waals surface area contributed by atoms with Crippen LogP contribution in [-0.2, 0) is 22.4 Å². The molecule has 248 valence electrons. The molecule has 3 saturated heterocycles. The summed E-state index contributed by atoms with van der Waals surface area (Å²) in [6.07, 6.45) is 5.12. The van der Waals surface area contributed by atoms with Gasteiger partial charge in [0.15, 0.2) is 6.10 Å². The molecule has 0 saturated carbocycles. The van der Waals surface area contributed by atoms with Crippen LogP contribution >= 0.6 is 23.2 Å². The van der Waals surface area contributed by atoms with E-state index in [-0.39, 0.29) is 24.4 Å². The van der Waals surface area contributed by atoms with Crippen LogP contribution in [0.25, 0.3) is 0 Å². The molecule has 11 heteroatoms. The third-order valence-electron chi connectivity index (χ3n) is 10.5. The lowest BCUT2D eigenvalue weighted by Crippen LogP contribution is -2.52. The van der Waals surface area contributed by atoms with Gasteiger partial charge in [-0.25, -0.2) is 9.59 Å². The molecule has 0 aliphatic carbocycles. The zero-order valence-corrected chi connectivity index (χ0v) is 28.1. The van der Waals surface area contributed by atoms with Crippen molar-refractivity contribution in [2.24, 2.45) is 11.8 Å². The summed E-state index contributed by atoms with van der Waals surface area (Å²) in [5.74, 6) is 1.17. The van der Waals surface area contributed by atoms with Crippen molar-refractivity contribution < 1.29 is 19.1 Å². The van der Waals surface area contributed by atoms with E-state index in [1.807, 2.05) is 41.0 Å². The summed E-state index contributed by atoms with van der Waals surface area (Å²) in [7, 11) is 0. The molecule has 6 rings (SSSR count). The number of piperidine rings is 3. The fourth-order valence-corrected chi connectivity index (χ4v) is 8.15. The highest BCUT2D eigenvalue weighted by Crippen LogP contribution is 2.32. The Bertz CT molecular complexity index is 1390. The van der Waals surface area contributed by atoms with Gasteiger partial charge in [0.25, 0.3) is 5.91 Å². The first-order chi connectivity index (χ1) is 22.3. The largest absolute Gasteiger partial charge is 0.436 e. The summed E-state index contributed by atoms with van der Waals surface area (Å²) in [6, 6.07) is 11.4. The Hall–Kier alpha value is -3.01. The number of fused-ring (bicyclic) bond motifs is 1. The Morgan fingerprint density at radius 2 is 1.52 bits per heavy atom. The number of rotatable bonds is 6. The second-order valence-electron chi connectivity index (χ2n) is 13.3. The lowest BCUT2D eigenvalue weighted by molar-refractivity contribution is -0.142. The number of hydrogen-bond donors (Lipinski definition) is 2. The Kier molecular flexibility index (Phi) is 10.6. The van der Waals surface area contributed by atoms with Crippen LogP contribution < -0.4 is 10.6 Å². The molecule has 46 heavy (non-hydrogen) atoms. The quantitative estimate of drug-likeness (QED) is 0.385. The van der Waals surface area contributed by atoms with Gasteiger partial charge in [-0.3, -0.25) is 4.79 Å². The first-order valence-corrected chi connectivity index (χ1v) is 17.6. The number of ether oxygens (including phenoxy) is 1. The molecule has 0 bridgehead atoms. The van der Waals surface area contributed by atoms with E-state index in [1.165, 1.54) is 12.8 Å². The Morgan fingerprint density at radius 1 is 0.891 bits per heavy atom. The zero-order valence-electron chi connectivity index (χ0n) is 26.6. The third kappa shape index (κ3) is 7.58. The molecule has 0 unspecified atom stereocenters. The van der Waals surface area contributed by atoms with E-state index in [0.717, 1.165) is 54.7 Å². The van der Waals surface area contributed by atoms with E-state index < -0.39 is 12.2 Å². The average Bonchev–Trinajstić information content (AvgIpc) is 3.25. The van der Waals surface area contributed by atoms with E-state index in [4.69, 9.17) is 27.9 Å². The summed E-state index contributed by atoms with van der Waals surface area (Å²) < 4.78 is 6.03. The van der Waals surface area contributed by atoms with Gasteiger partial charge in [0.2, 0.25) is 0 Å². The van der Waals surface area contributed by atoms with Gasteiger partial charge in [-0.15, -0.1) is 0 Å². The van der Waals surface area contributed by atoms with Gasteiger partial charge in [-0.1, -0.05) is 41.4 Å². The summed E-state index contributed by atoms with van der Waals surface area (Å²) >= 11 is 12.9. The van der Waals surface area contributed by atoms with Crippen LogP contribution in [0.3, 0.4) is 0 Å². The lowest BCUT2D eigenvalue weighted by atomic mass is 9.79. The van der Waals surface area contributed by atoms with Gasteiger partial charge >= 0.3 is 12.1 Å². The molecule has 3 fully saturated rings. The normalized spacial score (nSPS) is 20.9. The number of urea groups is 1. The number of nitrogens with zero attached hydrogens (tertiary/aromatic N) is 3. The van der Waals surface area contributed by atoms with Crippen LogP contribution in [0.1, 0.15) is 55.2 Å². The maximum Gasteiger partial charge on any atom is 0.410 e. The predicted octanol–water partition coefficient (Wildman–Crippen LogP) is 6.14. The molecular weight excluding hydrogens is 625 g/mol. The van der Waals surface area contributed by atoms with Gasteiger partial charge in [0, 0.05) is 60.9 Å². The Labute approximate surface area is 281 Å². The highest BCUT2D eigenvalue weighted by molar-refractivity contribution is 6.36. The number of anilines is 1. The monoisotopic (exact) mass is 669 g/mol. The van der Waals surface area contributed by atoms with Gasteiger partial charge in [0.05, 0.1) is 0 Å².